The minimum atomic E-state index is -0.783. The summed E-state index contributed by atoms with van der Waals surface area (Å²) < 4.78 is 16.8. The third kappa shape index (κ3) is 46.4. The van der Waals surface area contributed by atoms with Gasteiger partial charge in [0.25, 0.3) is 0 Å². The molecule has 0 saturated carbocycles. The molecule has 0 aliphatic heterocycles. The second-order valence-corrected chi connectivity index (χ2v) is 17.1. The smallest absolute Gasteiger partial charge is 0.306 e. The van der Waals surface area contributed by atoms with Gasteiger partial charge in [0.05, 0.1) is 0 Å². The summed E-state index contributed by atoms with van der Waals surface area (Å²) in [6.45, 7) is 6.57. The molecular formula is C54H96O6. The van der Waals surface area contributed by atoms with Crippen molar-refractivity contribution in [2.45, 2.75) is 264 Å². The van der Waals surface area contributed by atoms with Gasteiger partial charge in [0.15, 0.2) is 6.10 Å². The van der Waals surface area contributed by atoms with E-state index in [1.54, 1.807) is 0 Å². The van der Waals surface area contributed by atoms with Gasteiger partial charge in [0.2, 0.25) is 0 Å². The molecule has 0 aliphatic rings. The Balaban J connectivity index is 4.39. The van der Waals surface area contributed by atoms with E-state index in [1.165, 1.54) is 122 Å². The molecule has 6 heteroatoms. The number of carbonyl (C=O) groups excluding carboxylic acids is 3. The predicted octanol–water partition coefficient (Wildman–Crippen LogP) is 16.7. The van der Waals surface area contributed by atoms with Gasteiger partial charge < -0.3 is 14.2 Å². The molecule has 348 valence electrons. The van der Waals surface area contributed by atoms with Gasteiger partial charge in [-0.05, 0) is 83.5 Å². The van der Waals surface area contributed by atoms with Gasteiger partial charge in [-0.15, -0.1) is 0 Å². The van der Waals surface area contributed by atoms with Crippen LogP contribution in [0.25, 0.3) is 0 Å². The molecule has 0 aliphatic carbocycles. The summed E-state index contributed by atoms with van der Waals surface area (Å²) in [5, 5.41) is 0. The van der Waals surface area contributed by atoms with E-state index in [-0.39, 0.29) is 31.1 Å². The number of allylic oxidation sites excluding steroid dienone is 8. The third-order valence-corrected chi connectivity index (χ3v) is 11.1. The van der Waals surface area contributed by atoms with Crippen molar-refractivity contribution >= 4 is 17.9 Å². The second kappa shape index (κ2) is 49.0. The number of esters is 3. The molecule has 60 heavy (non-hydrogen) atoms. The standard InChI is InChI=1S/C54H96O6/c1-4-7-10-13-16-19-22-24-26-27-29-30-32-35-38-41-44-47-53(56)59-50-51(49-58-52(55)46-43-40-37-34-21-18-15-12-9-6-3)60-54(57)48-45-42-39-36-33-31-28-25-23-20-17-14-11-8-5-2/h16,19,24-26,28-30,51H,4-15,17-18,20-23,27,31-50H2,1-3H3/b19-16-,26-24-,28-25-,30-29-/t51-/m1/s1. The van der Waals surface area contributed by atoms with Crippen molar-refractivity contribution in [3.8, 4) is 0 Å². The molecule has 0 heterocycles. The highest BCUT2D eigenvalue weighted by molar-refractivity contribution is 5.71. The van der Waals surface area contributed by atoms with Crippen LogP contribution in [-0.2, 0) is 28.6 Å². The Hall–Kier alpha value is -2.63. The van der Waals surface area contributed by atoms with Crippen LogP contribution in [0.5, 0.6) is 0 Å². The molecule has 0 rings (SSSR count). The highest BCUT2D eigenvalue weighted by Gasteiger charge is 2.19. The maximum Gasteiger partial charge on any atom is 0.306 e. The first-order valence-corrected chi connectivity index (χ1v) is 25.6. The van der Waals surface area contributed by atoms with Gasteiger partial charge >= 0.3 is 17.9 Å². The van der Waals surface area contributed by atoms with Crippen LogP contribution in [0.4, 0.5) is 0 Å². The molecule has 0 bridgehead atoms. The van der Waals surface area contributed by atoms with E-state index in [1.807, 2.05) is 0 Å². The SMILES string of the molecule is CCCCC/C=C\C/C=C\C/C=C\CCCCCCC(=O)OC[C@@H](COC(=O)CCCCCCCCCCCC)OC(=O)CCCCCCC/C=C\CCCCCCCC. The van der Waals surface area contributed by atoms with Crippen LogP contribution < -0.4 is 0 Å². The molecule has 0 amide bonds. The third-order valence-electron chi connectivity index (χ3n) is 11.1. The second-order valence-electron chi connectivity index (χ2n) is 17.1. The van der Waals surface area contributed by atoms with Crippen molar-refractivity contribution in [3.63, 3.8) is 0 Å². The number of hydrogen-bond donors (Lipinski definition) is 0. The molecule has 0 saturated heterocycles. The van der Waals surface area contributed by atoms with E-state index < -0.39 is 6.10 Å². The van der Waals surface area contributed by atoms with Gasteiger partial charge in [-0.1, -0.05) is 204 Å². The van der Waals surface area contributed by atoms with E-state index in [0.717, 1.165) is 96.3 Å². The van der Waals surface area contributed by atoms with Crippen molar-refractivity contribution in [2.24, 2.45) is 0 Å². The van der Waals surface area contributed by atoms with E-state index in [0.29, 0.717) is 19.3 Å². The Kier molecular flexibility index (Phi) is 46.9. The number of carbonyl (C=O) groups is 3. The zero-order valence-corrected chi connectivity index (χ0v) is 39.7. The van der Waals surface area contributed by atoms with Gasteiger partial charge in [0, 0.05) is 19.3 Å². The van der Waals surface area contributed by atoms with Gasteiger partial charge in [0.1, 0.15) is 13.2 Å². The van der Waals surface area contributed by atoms with E-state index in [4.69, 9.17) is 14.2 Å². The van der Waals surface area contributed by atoms with E-state index in [9.17, 15) is 14.4 Å². The van der Waals surface area contributed by atoms with Crippen LogP contribution in [0.15, 0.2) is 48.6 Å². The highest BCUT2D eigenvalue weighted by atomic mass is 16.6. The summed E-state index contributed by atoms with van der Waals surface area (Å²) in [5.74, 6) is -0.909. The zero-order chi connectivity index (χ0) is 43.7. The normalized spacial score (nSPS) is 12.4. The van der Waals surface area contributed by atoms with Gasteiger partial charge in [-0.3, -0.25) is 14.4 Å². The lowest BCUT2D eigenvalue weighted by Gasteiger charge is -2.18. The molecule has 0 aromatic rings. The molecular weight excluding hydrogens is 745 g/mol. The van der Waals surface area contributed by atoms with Crippen LogP contribution in [-0.4, -0.2) is 37.2 Å². The first-order chi connectivity index (χ1) is 29.5. The van der Waals surface area contributed by atoms with E-state index in [2.05, 4.69) is 69.4 Å². The first-order valence-electron chi connectivity index (χ1n) is 25.6. The molecule has 0 unspecified atom stereocenters. The Morgan fingerprint density at radius 1 is 0.333 bits per heavy atom. The Bertz CT molecular complexity index is 1060. The number of ether oxygens (including phenoxy) is 3. The lowest BCUT2D eigenvalue weighted by molar-refractivity contribution is -0.167. The van der Waals surface area contributed by atoms with Crippen molar-refractivity contribution in [1.29, 1.82) is 0 Å². The Morgan fingerprint density at radius 2 is 0.600 bits per heavy atom. The van der Waals surface area contributed by atoms with Crippen molar-refractivity contribution in [1.82, 2.24) is 0 Å². The van der Waals surface area contributed by atoms with Crippen molar-refractivity contribution in [2.75, 3.05) is 13.2 Å². The fourth-order valence-electron chi connectivity index (χ4n) is 7.15. The fourth-order valence-corrected chi connectivity index (χ4v) is 7.15. The summed E-state index contributed by atoms with van der Waals surface area (Å²) in [4.78, 5) is 37.9. The topological polar surface area (TPSA) is 78.9 Å². The lowest BCUT2D eigenvalue weighted by atomic mass is 10.1. The maximum absolute atomic E-state index is 12.8. The molecule has 0 aromatic carbocycles. The summed E-state index contributed by atoms with van der Waals surface area (Å²) in [7, 11) is 0. The fraction of sp³-hybridized carbons (Fsp3) is 0.796. The largest absolute Gasteiger partial charge is 0.462 e. The van der Waals surface area contributed by atoms with Crippen LogP contribution >= 0.6 is 0 Å². The van der Waals surface area contributed by atoms with Crippen LogP contribution in [0.2, 0.25) is 0 Å². The van der Waals surface area contributed by atoms with Crippen molar-refractivity contribution < 1.29 is 28.6 Å². The van der Waals surface area contributed by atoms with Gasteiger partial charge in [-0.2, -0.15) is 0 Å². The van der Waals surface area contributed by atoms with Crippen LogP contribution in [0.1, 0.15) is 258 Å². The Labute approximate surface area is 371 Å². The minimum absolute atomic E-state index is 0.0819. The number of rotatable bonds is 46. The average molecular weight is 841 g/mol. The predicted molar refractivity (Wildman–Crippen MR) is 256 cm³/mol. The summed E-state index contributed by atoms with van der Waals surface area (Å²) in [6.07, 6.45) is 58.0. The summed E-state index contributed by atoms with van der Waals surface area (Å²) in [5.41, 5.74) is 0. The average Bonchev–Trinajstić information content (AvgIpc) is 3.24. The lowest BCUT2D eigenvalue weighted by Crippen LogP contribution is -2.30. The van der Waals surface area contributed by atoms with E-state index >= 15 is 0 Å². The highest BCUT2D eigenvalue weighted by Crippen LogP contribution is 2.14. The molecule has 0 radical (unpaired) electrons. The molecule has 0 aromatic heterocycles. The number of unbranched alkanes of at least 4 members (excludes halogenated alkanes) is 27. The zero-order valence-electron chi connectivity index (χ0n) is 39.7. The molecule has 6 nitrogen and oxygen atoms in total. The molecule has 0 N–H and O–H groups in total. The monoisotopic (exact) mass is 841 g/mol. The molecule has 1 atom stereocenters. The van der Waals surface area contributed by atoms with Gasteiger partial charge in [-0.25, -0.2) is 0 Å². The summed E-state index contributed by atoms with van der Waals surface area (Å²) in [6, 6.07) is 0. The van der Waals surface area contributed by atoms with Crippen LogP contribution in [0, 0.1) is 0 Å². The van der Waals surface area contributed by atoms with Crippen LogP contribution in [0.3, 0.4) is 0 Å². The maximum atomic E-state index is 12.8. The first kappa shape index (κ1) is 57.4. The molecule has 0 fully saturated rings. The molecule has 0 spiro atoms. The number of hydrogen-bond acceptors (Lipinski definition) is 6. The summed E-state index contributed by atoms with van der Waals surface area (Å²) >= 11 is 0. The quantitative estimate of drug-likeness (QED) is 0.0263. The minimum Gasteiger partial charge on any atom is -0.462 e. The van der Waals surface area contributed by atoms with Crippen molar-refractivity contribution in [3.05, 3.63) is 48.6 Å². The Morgan fingerprint density at radius 3 is 0.983 bits per heavy atom.